The topological polar surface area (TPSA) is 49.7 Å². The van der Waals surface area contributed by atoms with Gasteiger partial charge in [0, 0.05) is 12.8 Å². The fourth-order valence-corrected chi connectivity index (χ4v) is 3.86. The monoisotopic (exact) mass is 369 g/mol. The zero-order chi connectivity index (χ0) is 19.5. The van der Waals surface area contributed by atoms with Gasteiger partial charge in [-0.05, 0) is 40.8 Å². The molecule has 1 aliphatic rings. The van der Waals surface area contributed by atoms with Gasteiger partial charge in [0.05, 0.1) is 17.0 Å². The number of rotatable bonds is 3. The molecule has 0 saturated heterocycles. The van der Waals surface area contributed by atoms with Crippen LogP contribution in [0.2, 0.25) is 0 Å². The highest BCUT2D eigenvalue weighted by Crippen LogP contribution is 2.35. The van der Waals surface area contributed by atoms with Crippen LogP contribution in [0.15, 0.2) is 89.1 Å². The van der Waals surface area contributed by atoms with Crippen molar-refractivity contribution in [3.8, 4) is 0 Å². The first-order valence-electron chi connectivity index (χ1n) is 9.72. The molecule has 0 heterocycles. The summed E-state index contributed by atoms with van der Waals surface area (Å²) in [5, 5.41) is 12.7. The summed E-state index contributed by atoms with van der Waals surface area (Å²) in [6.07, 6.45) is 1.47. The molecular formula is C25H23NO2. The van der Waals surface area contributed by atoms with E-state index in [9.17, 15) is 9.90 Å². The highest BCUT2D eigenvalue weighted by Gasteiger charge is 2.32. The second-order valence-electron chi connectivity index (χ2n) is 7.20. The Kier molecular flexibility index (Phi) is 5.07. The Hall–Kier alpha value is -3.20. The molecule has 0 spiro atoms. The summed E-state index contributed by atoms with van der Waals surface area (Å²) in [7, 11) is 0. The zero-order valence-electron chi connectivity index (χ0n) is 15.9. The molecule has 1 atom stereocenters. The summed E-state index contributed by atoms with van der Waals surface area (Å²) in [6.45, 7) is 1.85. The van der Waals surface area contributed by atoms with Crippen molar-refractivity contribution < 1.29 is 9.90 Å². The fourth-order valence-electron chi connectivity index (χ4n) is 3.86. The van der Waals surface area contributed by atoms with Crippen LogP contribution in [0.1, 0.15) is 37.7 Å². The van der Waals surface area contributed by atoms with Gasteiger partial charge in [-0.1, -0.05) is 67.6 Å². The van der Waals surface area contributed by atoms with E-state index >= 15 is 0 Å². The number of hydrogen-bond donors (Lipinski definition) is 1. The van der Waals surface area contributed by atoms with E-state index in [2.05, 4.69) is 24.3 Å². The predicted molar refractivity (Wildman–Crippen MR) is 114 cm³/mol. The van der Waals surface area contributed by atoms with E-state index in [1.165, 1.54) is 0 Å². The molecule has 3 heteroatoms. The van der Waals surface area contributed by atoms with Gasteiger partial charge >= 0.3 is 0 Å². The lowest BCUT2D eigenvalue weighted by Crippen LogP contribution is -2.26. The Morgan fingerprint density at radius 2 is 1.68 bits per heavy atom. The SMILES string of the molecule is CC/C(O)=C1\C(=O)C[C@H](c2ccccc2)CC1=Nc1ccc2ccccc2c1. The molecule has 140 valence electrons. The van der Waals surface area contributed by atoms with Crippen LogP contribution in [0.25, 0.3) is 10.8 Å². The fraction of sp³-hybridized carbons (Fsp3) is 0.200. The Morgan fingerprint density at radius 3 is 2.43 bits per heavy atom. The number of aliphatic imine (C=N–C) groups is 1. The number of aliphatic hydroxyl groups is 1. The minimum absolute atomic E-state index is 0.0287. The van der Waals surface area contributed by atoms with Gasteiger partial charge in [0.25, 0.3) is 0 Å². The zero-order valence-corrected chi connectivity index (χ0v) is 15.9. The van der Waals surface area contributed by atoms with Crippen molar-refractivity contribution >= 4 is 28.0 Å². The summed E-state index contributed by atoms with van der Waals surface area (Å²) >= 11 is 0. The lowest BCUT2D eigenvalue weighted by Gasteiger charge is -2.25. The molecule has 0 aromatic heterocycles. The standard InChI is InChI=1S/C25H23NO2/c1-2-23(27)25-22(15-20(16-24(25)28)17-8-4-3-5-9-17)26-21-13-12-18-10-6-7-11-19(18)14-21/h3-14,20,27H,2,15-16H2,1H3/b25-23+,26-22?/t20-/m1/s1. The summed E-state index contributed by atoms with van der Waals surface area (Å²) in [5.41, 5.74) is 3.02. The highest BCUT2D eigenvalue weighted by molar-refractivity contribution is 6.25. The van der Waals surface area contributed by atoms with Gasteiger partial charge in [-0.2, -0.15) is 0 Å². The third-order valence-electron chi connectivity index (χ3n) is 5.33. The summed E-state index contributed by atoms with van der Waals surface area (Å²) < 4.78 is 0. The number of fused-ring (bicyclic) bond motifs is 1. The van der Waals surface area contributed by atoms with Crippen molar-refractivity contribution in [1.29, 1.82) is 0 Å². The first-order valence-corrected chi connectivity index (χ1v) is 9.72. The molecule has 4 rings (SSSR count). The third-order valence-corrected chi connectivity index (χ3v) is 5.33. The van der Waals surface area contributed by atoms with E-state index in [1.54, 1.807) is 0 Å². The molecule has 1 aliphatic carbocycles. The van der Waals surface area contributed by atoms with E-state index in [1.807, 2.05) is 55.5 Å². The highest BCUT2D eigenvalue weighted by atomic mass is 16.3. The molecule has 0 radical (unpaired) electrons. The minimum Gasteiger partial charge on any atom is -0.512 e. The van der Waals surface area contributed by atoms with Crippen LogP contribution in [0.4, 0.5) is 5.69 Å². The average Bonchev–Trinajstić information content (AvgIpc) is 2.73. The van der Waals surface area contributed by atoms with E-state index in [0.717, 1.165) is 22.0 Å². The van der Waals surface area contributed by atoms with Gasteiger partial charge in [0.1, 0.15) is 5.76 Å². The molecule has 28 heavy (non-hydrogen) atoms. The number of aliphatic hydroxyl groups excluding tert-OH is 1. The first-order chi connectivity index (χ1) is 13.7. The van der Waals surface area contributed by atoms with Crippen molar-refractivity contribution in [2.24, 2.45) is 4.99 Å². The van der Waals surface area contributed by atoms with Crippen molar-refractivity contribution in [1.82, 2.24) is 0 Å². The van der Waals surface area contributed by atoms with Crippen molar-refractivity contribution in [3.05, 3.63) is 89.7 Å². The first kappa shape index (κ1) is 18.2. The van der Waals surface area contributed by atoms with Gasteiger partial charge in [0.2, 0.25) is 0 Å². The molecule has 1 saturated carbocycles. The maximum Gasteiger partial charge on any atom is 0.168 e. The van der Waals surface area contributed by atoms with Gasteiger partial charge < -0.3 is 5.11 Å². The minimum atomic E-state index is -0.0287. The van der Waals surface area contributed by atoms with Crippen molar-refractivity contribution in [2.45, 2.75) is 32.1 Å². The quantitative estimate of drug-likeness (QED) is 0.436. The Bertz CT molecular complexity index is 1080. The molecule has 0 unspecified atom stereocenters. The van der Waals surface area contributed by atoms with Crippen LogP contribution in [-0.2, 0) is 4.79 Å². The van der Waals surface area contributed by atoms with Crippen LogP contribution in [0.3, 0.4) is 0 Å². The molecule has 3 nitrogen and oxygen atoms in total. The Morgan fingerprint density at radius 1 is 0.964 bits per heavy atom. The van der Waals surface area contributed by atoms with Crippen LogP contribution in [-0.4, -0.2) is 16.6 Å². The molecule has 3 aromatic carbocycles. The summed E-state index contributed by atoms with van der Waals surface area (Å²) in [5.74, 6) is 0.191. The number of allylic oxidation sites excluding steroid dienone is 2. The molecule has 0 bridgehead atoms. The molecule has 1 fully saturated rings. The second-order valence-corrected chi connectivity index (χ2v) is 7.20. The Balaban J connectivity index is 1.78. The molecule has 0 amide bonds. The van der Waals surface area contributed by atoms with Crippen molar-refractivity contribution in [3.63, 3.8) is 0 Å². The van der Waals surface area contributed by atoms with E-state index in [0.29, 0.717) is 30.5 Å². The number of benzene rings is 3. The van der Waals surface area contributed by atoms with Crippen LogP contribution >= 0.6 is 0 Å². The van der Waals surface area contributed by atoms with Gasteiger partial charge in [-0.25, -0.2) is 0 Å². The third kappa shape index (κ3) is 3.61. The maximum absolute atomic E-state index is 12.9. The number of ketones is 1. The van der Waals surface area contributed by atoms with Gasteiger partial charge in [-0.3, -0.25) is 9.79 Å². The number of nitrogens with zero attached hydrogens (tertiary/aromatic N) is 1. The second kappa shape index (κ2) is 7.81. The summed E-state index contributed by atoms with van der Waals surface area (Å²) in [6, 6.07) is 24.2. The smallest absolute Gasteiger partial charge is 0.168 e. The predicted octanol–water partition coefficient (Wildman–Crippen LogP) is 6.28. The number of Topliss-reactive ketones (excluding diaryl/α,β-unsaturated/α-hetero) is 1. The molecule has 0 aliphatic heterocycles. The summed E-state index contributed by atoms with van der Waals surface area (Å²) in [4.78, 5) is 17.7. The van der Waals surface area contributed by atoms with E-state index < -0.39 is 0 Å². The maximum atomic E-state index is 12.9. The van der Waals surface area contributed by atoms with E-state index in [-0.39, 0.29) is 17.5 Å². The van der Waals surface area contributed by atoms with E-state index in [4.69, 9.17) is 4.99 Å². The lowest BCUT2D eigenvalue weighted by molar-refractivity contribution is -0.115. The lowest BCUT2D eigenvalue weighted by atomic mass is 9.79. The van der Waals surface area contributed by atoms with Crippen LogP contribution in [0.5, 0.6) is 0 Å². The number of hydrogen-bond acceptors (Lipinski definition) is 3. The molecule has 3 aromatic rings. The van der Waals surface area contributed by atoms with Crippen molar-refractivity contribution in [2.75, 3.05) is 0 Å². The largest absolute Gasteiger partial charge is 0.512 e. The molecule has 1 N–H and O–H groups in total. The number of carbonyl (C=O) groups is 1. The average molecular weight is 369 g/mol. The van der Waals surface area contributed by atoms with Crippen LogP contribution in [0, 0.1) is 0 Å². The van der Waals surface area contributed by atoms with Gasteiger partial charge in [0.15, 0.2) is 5.78 Å². The molecular weight excluding hydrogens is 346 g/mol. The Labute approximate surface area is 165 Å². The van der Waals surface area contributed by atoms with Crippen LogP contribution < -0.4 is 0 Å². The normalized spacial score (nSPS) is 20.5. The number of carbonyl (C=O) groups excluding carboxylic acids is 1. The van der Waals surface area contributed by atoms with Gasteiger partial charge in [-0.15, -0.1) is 0 Å².